The van der Waals surface area contributed by atoms with Gasteiger partial charge in [-0.3, -0.25) is 0 Å². The van der Waals surface area contributed by atoms with Gasteiger partial charge in [0.25, 0.3) is 0 Å². The van der Waals surface area contributed by atoms with E-state index in [4.69, 9.17) is 44.0 Å². The smallest absolute Gasteiger partial charge is 0.193 e. The quantitative estimate of drug-likeness (QED) is 0.765. The van der Waals surface area contributed by atoms with Gasteiger partial charge in [0.05, 0.1) is 17.7 Å². The Labute approximate surface area is 139 Å². The fourth-order valence-electron chi connectivity index (χ4n) is 2.08. The van der Waals surface area contributed by atoms with Crippen LogP contribution in [-0.2, 0) is 0 Å². The molecule has 1 heterocycles. The van der Waals surface area contributed by atoms with Gasteiger partial charge in [0.1, 0.15) is 11.5 Å². The Morgan fingerprint density at radius 2 is 1.90 bits per heavy atom. The van der Waals surface area contributed by atoms with E-state index in [0.717, 1.165) is 12.1 Å². The molecule has 2 aromatic rings. The van der Waals surface area contributed by atoms with Crippen molar-refractivity contribution in [3.05, 3.63) is 50.9 Å². The molecule has 0 bridgehead atoms. The van der Waals surface area contributed by atoms with Gasteiger partial charge in [0.2, 0.25) is 0 Å². The van der Waals surface area contributed by atoms with E-state index < -0.39 is 0 Å². The summed E-state index contributed by atoms with van der Waals surface area (Å²) in [6.07, 6.45) is 0. The maximum Gasteiger partial charge on any atom is 0.193 e. The summed E-state index contributed by atoms with van der Waals surface area (Å²) < 4.78 is 10.9. The summed E-state index contributed by atoms with van der Waals surface area (Å²) in [5.74, 6) is 1.25. The lowest BCUT2D eigenvalue weighted by Crippen LogP contribution is -2.22. The summed E-state index contributed by atoms with van der Waals surface area (Å²) in [6, 6.07) is 6.81. The van der Waals surface area contributed by atoms with Crippen molar-refractivity contribution in [1.82, 2.24) is 5.32 Å². The van der Waals surface area contributed by atoms with E-state index in [1.54, 1.807) is 18.2 Å². The molecule has 1 unspecified atom stereocenters. The highest BCUT2D eigenvalue weighted by Crippen LogP contribution is 2.37. The van der Waals surface area contributed by atoms with Crippen LogP contribution in [-0.4, -0.2) is 13.2 Å². The molecule has 1 aromatic heterocycles. The van der Waals surface area contributed by atoms with Crippen LogP contribution in [0, 0.1) is 0 Å². The fraction of sp³-hybridized carbons (Fsp3) is 0.333. The molecule has 0 spiro atoms. The molecule has 0 aliphatic heterocycles. The first kappa shape index (κ1) is 16.5. The van der Waals surface area contributed by atoms with Crippen LogP contribution in [0.25, 0.3) is 0 Å². The lowest BCUT2D eigenvalue weighted by atomic mass is 10.0. The molecule has 1 N–H and O–H groups in total. The molecular formula is C15H16Cl3NO2. The molecule has 2 rings (SSSR count). The van der Waals surface area contributed by atoms with Gasteiger partial charge < -0.3 is 14.5 Å². The van der Waals surface area contributed by atoms with Crippen molar-refractivity contribution in [3.63, 3.8) is 0 Å². The Kier molecular flexibility index (Phi) is 5.82. The van der Waals surface area contributed by atoms with Crippen molar-refractivity contribution in [2.24, 2.45) is 0 Å². The third-order valence-corrected chi connectivity index (χ3v) is 3.77. The molecule has 0 amide bonds. The van der Waals surface area contributed by atoms with Crippen LogP contribution in [0.2, 0.25) is 15.3 Å². The van der Waals surface area contributed by atoms with Gasteiger partial charge in [-0.1, -0.05) is 30.1 Å². The standard InChI is InChI=1S/C15H16Cl3NO2/c1-3-19-15(12-5-6-14(18)21-12)9-7-11(17)13(20-4-2)8-10(9)16/h5-8,15,19H,3-4H2,1-2H3. The molecule has 1 aromatic carbocycles. The molecule has 1 atom stereocenters. The van der Waals surface area contributed by atoms with E-state index in [1.165, 1.54) is 0 Å². The summed E-state index contributed by atoms with van der Waals surface area (Å²) in [5, 5.41) is 4.71. The highest BCUT2D eigenvalue weighted by molar-refractivity contribution is 6.34. The second kappa shape index (κ2) is 7.41. The van der Waals surface area contributed by atoms with Crippen LogP contribution in [0.1, 0.15) is 31.2 Å². The van der Waals surface area contributed by atoms with E-state index in [1.807, 2.05) is 19.9 Å². The Bertz CT molecular complexity index is 613. The van der Waals surface area contributed by atoms with Gasteiger partial charge in [0, 0.05) is 11.1 Å². The van der Waals surface area contributed by atoms with Crippen molar-refractivity contribution in [2.75, 3.05) is 13.2 Å². The largest absolute Gasteiger partial charge is 0.492 e. The highest BCUT2D eigenvalue weighted by Gasteiger charge is 2.21. The van der Waals surface area contributed by atoms with Crippen molar-refractivity contribution in [1.29, 1.82) is 0 Å². The van der Waals surface area contributed by atoms with E-state index in [9.17, 15) is 0 Å². The first-order valence-electron chi connectivity index (χ1n) is 6.67. The third kappa shape index (κ3) is 3.86. The SMILES string of the molecule is CCNC(c1ccc(Cl)o1)c1cc(Cl)c(OCC)cc1Cl. The Balaban J connectivity index is 2.43. The zero-order chi connectivity index (χ0) is 15.4. The topological polar surface area (TPSA) is 34.4 Å². The minimum absolute atomic E-state index is 0.219. The summed E-state index contributed by atoms with van der Waals surface area (Å²) in [6.45, 7) is 5.16. The van der Waals surface area contributed by atoms with Crippen LogP contribution in [0.15, 0.2) is 28.7 Å². The molecule has 0 aliphatic carbocycles. The van der Waals surface area contributed by atoms with Crippen LogP contribution in [0.3, 0.4) is 0 Å². The van der Waals surface area contributed by atoms with Gasteiger partial charge in [0.15, 0.2) is 5.22 Å². The number of halogens is 3. The summed E-state index contributed by atoms with van der Waals surface area (Å²) in [4.78, 5) is 0. The zero-order valence-electron chi connectivity index (χ0n) is 11.8. The number of furan rings is 1. The van der Waals surface area contributed by atoms with E-state index in [2.05, 4.69) is 5.32 Å². The maximum atomic E-state index is 6.37. The molecule has 6 heteroatoms. The molecule has 114 valence electrons. The number of nitrogens with one attached hydrogen (secondary N) is 1. The molecule has 0 aliphatic rings. The second-order valence-electron chi connectivity index (χ2n) is 4.37. The summed E-state index contributed by atoms with van der Waals surface area (Å²) in [7, 11) is 0. The van der Waals surface area contributed by atoms with Gasteiger partial charge in [-0.25, -0.2) is 0 Å². The molecule has 3 nitrogen and oxygen atoms in total. The van der Waals surface area contributed by atoms with Gasteiger partial charge in [-0.15, -0.1) is 0 Å². The summed E-state index contributed by atoms with van der Waals surface area (Å²) in [5.41, 5.74) is 0.818. The van der Waals surface area contributed by atoms with Gasteiger partial charge >= 0.3 is 0 Å². The predicted octanol–water partition coefficient (Wildman–Crippen LogP) is 5.34. The molecule has 0 saturated heterocycles. The second-order valence-corrected chi connectivity index (χ2v) is 5.56. The highest BCUT2D eigenvalue weighted by atomic mass is 35.5. The average molecular weight is 349 g/mol. The van der Waals surface area contributed by atoms with Crippen LogP contribution in [0.5, 0.6) is 5.75 Å². The minimum atomic E-state index is -0.219. The maximum absolute atomic E-state index is 6.37. The zero-order valence-corrected chi connectivity index (χ0v) is 14.0. The third-order valence-electron chi connectivity index (χ3n) is 2.95. The van der Waals surface area contributed by atoms with Crippen LogP contribution in [0.4, 0.5) is 0 Å². The number of rotatable bonds is 6. The van der Waals surface area contributed by atoms with Crippen LogP contribution >= 0.6 is 34.8 Å². The first-order valence-corrected chi connectivity index (χ1v) is 7.80. The van der Waals surface area contributed by atoms with Crippen LogP contribution < -0.4 is 10.1 Å². The number of hydrogen-bond donors (Lipinski definition) is 1. The monoisotopic (exact) mass is 347 g/mol. The molecule has 0 fully saturated rings. The number of ether oxygens (including phenoxy) is 1. The predicted molar refractivity (Wildman–Crippen MR) is 86.9 cm³/mol. The van der Waals surface area contributed by atoms with Crippen molar-refractivity contribution >= 4 is 34.8 Å². The lowest BCUT2D eigenvalue weighted by molar-refractivity contribution is 0.340. The number of benzene rings is 1. The van der Waals surface area contributed by atoms with Gasteiger partial charge in [-0.05, 0) is 48.8 Å². The molecule has 21 heavy (non-hydrogen) atoms. The Morgan fingerprint density at radius 3 is 2.48 bits per heavy atom. The Hall–Kier alpha value is -0.870. The number of hydrogen-bond acceptors (Lipinski definition) is 3. The van der Waals surface area contributed by atoms with E-state index in [-0.39, 0.29) is 6.04 Å². The van der Waals surface area contributed by atoms with Crippen molar-refractivity contribution in [3.8, 4) is 5.75 Å². The average Bonchev–Trinajstić information content (AvgIpc) is 2.87. The van der Waals surface area contributed by atoms with E-state index >= 15 is 0 Å². The molecule has 0 saturated carbocycles. The fourth-order valence-corrected chi connectivity index (χ4v) is 2.72. The lowest BCUT2D eigenvalue weighted by Gasteiger charge is -2.19. The summed E-state index contributed by atoms with van der Waals surface area (Å²) >= 11 is 18.5. The van der Waals surface area contributed by atoms with Crippen molar-refractivity contribution in [2.45, 2.75) is 19.9 Å². The van der Waals surface area contributed by atoms with Gasteiger partial charge in [-0.2, -0.15) is 0 Å². The minimum Gasteiger partial charge on any atom is -0.492 e. The Morgan fingerprint density at radius 1 is 1.14 bits per heavy atom. The van der Waals surface area contributed by atoms with E-state index in [0.29, 0.717) is 33.4 Å². The van der Waals surface area contributed by atoms with Crippen molar-refractivity contribution < 1.29 is 9.15 Å². The first-order chi connectivity index (χ1) is 10.1. The molecule has 0 radical (unpaired) electrons. The normalized spacial score (nSPS) is 12.4. The molecular weight excluding hydrogens is 333 g/mol.